The average molecular weight is 234 g/mol. The minimum atomic E-state index is -0.826. The van der Waals surface area contributed by atoms with Crippen molar-refractivity contribution in [1.29, 1.82) is 5.26 Å². The van der Waals surface area contributed by atoms with Crippen LogP contribution in [0.2, 0.25) is 0 Å². The van der Waals surface area contributed by atoms with Gasteiger partial charge in [0.05, 0.1) is 22.0 Å². The van der Waals surface area contributed by atoms with Crippen LogP contribution in [-0.4, -0.2) is 15.0 Å². The quantitative estimate of drug-likeness (QED) is 0.567. The highest BCUT2D eigenvalue weighted by Gasteiger charge is 2.25. The van der Waals surface area contributed by atoms with E-state index in [0.29, 0.717) is 0 Å². The highest BCUT2D eigenvalue weighted by atomic mass is 16.6. The van der Waals surface area contributed by atoms with Crippen molar-refractivity contribution in [2.45, 2.75) is 0 Å². The third-order valence-electron chi connectivity index (χ3n) is 2.05. The van der Waals surface area contributed by atoms with Gasteiger partial charge in [-0.15, -0.1) is 0 Å². The van der Waals surface area contributed by atoms with E-state index >= 15 is 0 Å². The number of aromatic nitrogens is 1. The van der Waals surface area contributed by atoms with Crippen LogP contribution in [0.15, 0.2) is 16.7 Å². The predicted molar refractivity (Wildman–Crippen MR) is 52.0 cm³/mol. The summed E-state index contributed by atoms with van der Waals surface area (Å²) in [5.74, 6) is 0. The van der Waals surface area contributed by atoms with E-state index in [1.165, 1.54) is 0 Å². The van der Waals surface area contributed by atoms with Crippen molar-refractivity contribution in [2.75, 3.05) is 0 Å². The van der Waals surface area contributed by atoms with Crippen LogP contribution in [0.4, 0.5) is 11.4 Å². The molecule has 1 aromatic carbocycles. The Kier molecular flexibility index (Phi) is 2.18. The predicted octanol–water partition coefficient (Wildman–Crippen LogP) is 1.52. The molecular weight excluding hydrogens is 232 g/mol. The first-order chi connectivity index (χ1) is 8.04. The van der Waals surface area contributed by atoms with Crippen molar-refractivity contribution in [3.8, 4) is 6.07 Å². The Hall–Kier alpha value is -3.02. The summed E-state index contributed by atoms with van der Waals surface area (Å²) < 4.78 is 4.64. The molecule has 9 nitrogen and oxygen atoms in total. The maximum Gasteiger partial charge on any atom is 0.290 e. The van der Waals surface area contributed by atoms with Gasteiger partial charge >= 0.3 is 0 Å². The van der Waals surface area contributed by atoms with Gasteiger partial charge in [-0.1, -0.05) is 5.16 Å². The number of nitriles is 1. The molecule has 0 N–H and O–H groups in total. The van der Waals surface area contributed by atoms with Gasteiger partial charge in [-0.2, -0.15) is 5.26 Å². The number of non-ortho nitro benzene ring substituents is 2. The molecule has 2 rings (SSSR count). The van der Waals surface area contributed by atoms with Crippen LogP contribution in [0.3, 0.4) is 0 Å². The number of fused-ring (bicyclic) bond motifs is 1. The number of nitro benzene ring substituents is 2. The van der Waals surface area contributed by atoms with Crippen LogP contribution in [0.5, 0.6) is 0 Å². The van der Waals surface area contributed by atoms with Crippen LogP contribution >= 0.6 is 0 Å². The zero-order valence-electron chi connectivity index (χ0n) is 7.98. The van der Waals surface area contributed by atoms with Gasteiger partial charge in [0.25, 0.3) is 11.4 Å². The maximum atomic E-state index is 10.8. The van der Waals surface area contributed by atoms with Crippen molar-refractivity contribution < 1.29 is 14.4 Å². The summed E-state index contributed by atoms with van der Waals surface area (Å²) in [6.45, 7) is 0. The Morgan fingerprint density at radius 3 is 2.53 bits per heavy atom. The summed E-state index contributed by atoms with van der Waals surface area (Å²) in [5.41, 5.74) is -1.51. The molecule has 0 amide bonds. The Morgan fingerprint density at radius 1 is 1.29 bits per heavy atom. The first-order valence-electron chi connectivity index (χ1n) is 4.17. The lowest BCUT2D eigenvalue weighted by atomic mass is 10.1. The molecule has 2 aromatic rings. The number of nitrogens with zero attached hydrogens (tertiary/aromatic N) is 4. The number of nitro groups is 2. The lowest BCUT2D eigenvalue weighted by Crippen LogP contribution is -1.93. The van der Waals surface area contributed by atoms with Crippen LogP contribution in [0, 0.1) is 31.6 Å². The van der Waals surface area contributed by atoms with Gasteiger partial charge in [0.1, 0.15) is 11.5 Å². The minimum absolute atomic E-state index is 0.136. The standard InChI is InChI=1S/C8H2N4O5/c9-3-5-8-6(12(15)16)1-4(11(13)14)2-7(8)17-10-5/h1-2H. The summed E-state index contributed by atoms with van der Waals surface area (Å²) in [7, 11) is 0. The molecule has 0 unspecified atom stereocenters. The van der Waals surface area contributed by atoms with Gasteiger partial charge in [-0.05, 0) is 0 Å². The van der Waals surface area contributed by atoms with E-state index < -0.39 is 21.2 Å². The van der Waals surface area contributed by atoms with Gasteiger partial charge in [-0.25, -0.2) is 0 Å². The molecule has 84 valence electrons. The fourth-order valence-corrected chi connectivity index (χ4v) is 1.36. The molecule has 1 aromatic heterocycles. The van der Waals surface area contributed by atoms with Crippen molar-refractivity contribution in [3.63, 3.8) is 0 Å². The van der Waals surface area contributed by atoms with E-state index in [4.69, 9.17) is 5.26 Å². The molecule has 0 aliphatic heterocycles. The molecule has 0 spiro atoms. The molecule has 0 fully saturated rings. The second-order valence-electron chi connectivity index (χ2n) is 3.00. The van der Waals surface area contributed by atoms with Crippen molar-refractivity contribution in [2.24, 2.45) is 0 Å². The number of benzene rings is 1. The molecule has 0 aliphatic carbocycles. The molecular formula is C8H2N4O5. The van der Waals surface area contributed by atoms with E-state index in [0.717, 1.165) is 12.1 Å². The second kappa shape index (κ2) is 3.53. The molecule has 1 heterocycles. The monoisotopic (exact) mass is 234 g/mol. The topological polar surface area (TPSA) is 136 Å². The third kappa shape index (κ3) is 1.53. The number of hydrogen-bond acceptors (Lipinski definition) is 7. The highest BCUT2D eigenvalue weighted by molar-refractivity contribution is 5.92. The summed E-state index contributed by atoms with van der Waals surface area (Å²) >= 11 is 0. The van der Waals surface area contributed by atoms with E-state index in [-0.39, 0.29) is 16.7 Å². The van der Waals surface area contributed by atoms with Crippen LogP contribution in [0.25, 0.3) is 11.0 Å². The largest absolute Gasteiger partial charge is 0.354 e. The lowest BCUT2D eigenvalue weighted by molar-refractivity contribution is -0.393. The van der Waals surface area contributed by atoms with Gasteiger partial charge in [0.15, 0.2) is 11.3 Å². The third-order valence-corrected chi connectivity index (χ3v) is 2.05. The van der Waals surface area contributed by atoms with Gasteiger partial charge in [-0.3, -0.25) is 20.2 Å². The zero-order valence-corrected chi connectivity index (χ0v) is 7.98. The SMILES string of the molecule is N#Cc1noc2cc([N+](=O)[O-])cc([N+](=O)[O-])c12. The van der Waals surface area contributed by atoms with E-state index in [2.05, 4.69) is 9.68 Å². The molecule has 17 heavy (non-hydrogen) atoms. The zero-order chi connectivity index (χ0) is 12.6. The molecule has 0 radical (unpaired) electrons. The molecule has 9 heteroatoms. The summed E-state index contributed by atoms with van der Waals surface area (Å²) in [6.07, 6.45) is 0. The molecule has 0 aliphatic rings. The number of rotatable bonds is 2. The maximum absolute atomic E-state index is 10.8. The van der Waals surface area contributed by atoms with Gasteiger partial charge in [0, 0.05) is 0 Å². The summed E-state index contributed by atoms with van der Waals surface area (Å²) in [6, 6.07) is 3.36. The Labute approximate surface area is 92.1 Å². The molecule has 0 atom stereocenters. The summed E-state index contributed by atoms with van der Waals surface area (Å²) in [5, 5.41) is 33.1. The van der Waals surface area contributed by atoms with E-state index in [1.54, 1.807) is 6.07 Å². The molecule has 0 saturated carbocycles. The van der Waals surface area contributed by atoms with Gasteiger partial charge in [0.2, 0.25) is 0 Å². The second-order valence-corrected chi connectivity index (χ2v) is 3.00. The normalized spacial score (nSPS) is 10.1. The smallest absolute Gasteiger partial charge is 0.290 e. The van der Waals surface area contributed by atoms with Crippen molar-refractivity contribution in [1.82, 2.24) is 5.16 Å². The van der Waals surface area contributed by atoms with E-state index in [9.17, 15) is 20.2 Å². The van der Waals surface area contributed by atoms with Crippen LogP contribution < -0.4 is 0 Å². The fraction of sp³-hybridized carbons (Fsp3) is 0. The van der Waals surface area contributed by atoms with Crippen molar-refractivity contribution >= 4 is 22.3 Å². The van der Waals surface area contributed by atoms with Crippen LogP contribution in [-0.2, 0) is 0 Å². The summed E-state index contributed by atoms with van der Waals surface area (Å²) in [4.78, 5) is 19.7. The van der Waals surface area contributed by atoms with Gasteiger partial charge < -0.3 is 4.52 Å². The van der Waals surface area contributed by atoms with Crippen molar-refractivity contribution in [3.05, 3.63) is 38.1 Å². The first kappa shape index (κ1) is 10.5. The first-order valence-corrected chi connectivity index (χ1v) is 4.17. The number of hydrogen-bond donors (Lipinski definition) is 0. The van der Waals surface area contributed by atoms with E-state index in [1.807, 2.05) is 0 Å². The Bertz CT molecular complexity index is 683. The average Bonchev–Trinajstić information content (AvgIpc) is 2.70. The highest BCUT2D eigenvalue weighted by Crippen LogP contribution is 2.32. The molecule has 0 bridgehead atoms. The van der Waals surface area contributed by atoms with Crippen LogP contribution in [0.1, 0.15) is 5.69 Å². The molecule has 0 saturated heterocycles. The lowest BCUT2D eigenvalue weighted by Gasteiger charge is -1.93. The Morgan fingerprint density at radius 2 is 2.00 bits per heavy atom. The Balaban J connectivity index is 2.89. The fourth-order valence-electron chi connectivity index (χ4n) is 1.36. The minimum Gasteiger partial charge on any atom is -0.354 e.